The smallest absolute Gasteiger partial charge is 0.154 e. The van der Waals surface area contributed by atoms with Gasteiger partial charge in [0, 0.05) is 5.92 Å². The van der Waals surface area contributed by atoms with Crippen molar-refractivity contribution >= 4 is 11.6 Å². The third kappa shape index (κ3) is 1.99. The molecule has 0 amide bonds. The van der Waals surface area contributed by atoms with E-state index in [-0.39, 0.29) is 41.5 Å². The summed E-state index contributed by atoms with van der Waals surface area (Å²) in [4.78, 5) is 26.6. The maximum atomic E-state index is 13.4. The molecule has 4 nitrogen and oxygen atoms in total. The van der Waals surface area contributed by atoms with E-state index in [4.69, 9.17) is 9.15 Å². The molecular weight excluding hydrogens is 328 g/mol. The van der Waals surface area contributed by atoms with E-state index in [1.807, 2.05) is 26.8 Å². The van der Waals surface area contributed by atoms with Crippen LogP contribution in [0.5, 0.6) is 0 Å². The Hall–Kier alpha value is -2.20. The number of benzene rings is 1. The summed E-state index contributed by atoms with van der Waals surface area (Å²) in [6.07, 6.45) is 3.84. The lowest BCUT2D eigenvalue weighted by atomic mass is 9.73. The molecule has 26 heavy (non-hydrogen) atoms. The van der Waals surface area contributed by atoms with E-state index in [1.165, 1.54) is 0 Å². The van der Waals surface area contributed by atoms with Gasteiger partial charge < -0.3 is 9.15 Å². The molecule has 134 valence electrons. The van der Waals surface area contributed by atoms with Crippen LogP contribution in [0, 0.1) is 32.6 Å². The van der Waals surface area contributed by atoms with Crippen LogP contribution in [0.25, 0.3) is 0 Å². The molecule has 1 unspecified atom stereocenters. The zero-order valence-electron chi connectivity index (χ0n) is 15.2. The SMILES string of the molecule is Cc1cc(C)c(C2C(=O)[C@@H]3[C@@H]4O[C@@H](C[C@H]4c4ccoc4)[C@@H]3C2=O)c(C)c1. The highest BCUT2D eigenvalue weighted by molar-refractivity contribution is 6.17. The molecule has 2 saturated heterocycles. The lowest BCUT2D eigenvalue weighted by Crippen LogP contribution is -2.33. The molecule has 2 bridgehead atoms. The van der Waals surface area contributed by atoms with Crippen LogP contribution < -0.4 is 0 Å². The second-order valence-electron chi connectivity index (χ2n) is 8.14. The van der Waals surface area contributed by atoms with Crippen molar-refractivity contribution in [2.24, 2.45) is 11.8 Å². The minimum Gasteiger partial charge on any atom is -0.472 e. The molecule has 5 rings (SSSR count). The summed E-state index contributed by atoms with van der Waals surface area (Å²) < 4.78 is 11.3. The molecule has 0 N–H and O–H groups in total. The van der Waals surface area contributed by atoms with Crippen LogP contribution in [0.3, 0.4) is 0 Å². The van der Waals surface area contributed by atoms with Crippen LogP contribution >= 0.6 is 0 Å². The average Bonchev–Trinajstić information content (AvgIpc) is 3.33. The quantitative estimate of drug-likeness (QED) is 0.776. The normalized spacial score (nSPS) is 35.3. The van der Waals surface area contributed by atoms with Gasteiger partial charge in [0.05, 0.1) is 36.6 Å². The number of hydrogen-bond donors (Lipinski definition) is 0. The number of carbonyl (C=O) groups excluding carboxylic acids is 2. The molecule has 3 fully saturated rings. The molecule has 1 aromatic carbocycles. The van der Waals surface area contributed by atoms with Gasteiger partial charge in [0.2, 0.25) is 0 Å². The van der Waals surface area contributed by atoms with Crippen LogP contribution in [0.1, 0.15) is 46.1 Å². The number of aryl methyl sites for hydroxylation is 3. The van der Waals surface area contributed by atoms with Crippen molar-refractivity contribution in [3.63, 3.8) is 0 Å². The van der Waals surface area contributed by atoms with Crippen molar-refractivity contribution < 1.29 is 18.7 Å². The first-order valence-electron chi connectivity index (χ1n) is 9.30. The minimum absolute atomic E-state index is 0.0516. The fourth-order valence-corrected chi connectivity index (χ4v) is 5.71. The Kier molecular flexibility index (Phi) is 3.32. The van der Waals surface area contributed by atoms with E-state index in [2.05, 4.69) is 12.1 Å². The van der Waals surface area contributed by atoms with E-state index in [9.17, 15) is 9.59 Å². The van der Waals surface area contributed by atoms with Gasteiger partial charge >= 0.3 is 0 Å². The number of furan rings is 1. The predicted octanol–water partition coefficient (Wildman–Crippen LogP) is 3.63. The Morgan fingerprint density at radius 1 is 1.00 bits per heavy atom. The largest absolute Gasteiger partial charge is 0.472 e. The van der Waals surface area contributed by atoms with Crippen molar-refractivity contribution in [1.29, 1.82) is 0 Å². The number of hydrogen-bond acceptors (Lipinski definition) is 4. The first-order chi connectivity index (χ1) is 12.5. The third-order valence-electron chi connectivity index (χ3n) is 6.58. The van der Waals surface area contributed by atoms with Crippen molar-refractivity contribution in [3.05, 3.63) is 58.5 Å². The van der Waals surface area contributed by atoms with Crippen LogP contribution in [-0.4, -0.2) is 23.8 Å². The van der Waals surface area contributed by atoms with Crippen LogP contribution in [0.15, 0.2) is 35.1 Å². The predicted molar refractivity (Wildman–Crippen MR) is 95.1 cm³/mol. The molecule has 2 aromatic rings. The summed E-state index contributed by atoms with van der Waals surface area (Å²) in [5, 5.41) is 0. The maximum absolute atomic E-state index is 13.4. The van der Waals surface area contributed by atoms with E-state index in [0.717, 1.165) is 34.2 Å². The highest BCUT2D eigenvalue weighted by Crippen LogP contribution is 2.57. The van der Waals surface area contributed by atoms with Crippen molar-refractivity contribution in [2.75, 3.05) is 0 Å². The summed E-state index contributed by atoms with van der Waals surface area (Å²) in [5.41, 5.74) is 5.22. The maximum Gasteiger partial charge on any atom is 0.154 e. The lowest BCUT2D eigenvalue weighted by Gasteiger charge is -2.25. The standard InChI is InChI=1S/C22H22O4/c1-10-6-11(2)16(12(3)7-10)18-20(23)17-15-8-14(13-4-5-25-9-13)22(26-15)19(17)21(18)24/h4-7,9,14-15,17-19,22H,8H2,1-3H3/t14-,15-,17-,18?,19+,22+/m0/s1. The van der Waals surface area contributed by atoms with Gasteiger partial charge in [0.1, 0.15) is 5.92 Å². The Morgan fingerprint density at radius 2 is 1.69 bits per heavy atom. The summed E-state index contributed by atoms with van der Waals surface area (Å²) in [5.74, 6) is -0.950. The zero-order valence-corrected chi connectivity index (χ0v) is 15.2. The second kappa shape index (κ2) is 5.40. The highest BCUT2D eigenvalue weighted by atomic mass is 16.5. The van der Waals surface area contributed by atoms with Crippen molar-refractivity contribution in [3.8, 4) is 0 Å². The van der Waals surface area contributed by atoms with Gasteiger partial charge in [0.15, 0.2) is 11.6 Å². The monoisotopic (exact) mass is 350 g/mol. The Balaban J connectivity index is 1.54. The molecule has 3 aliphatic rings. The number of Topliss-reactive ketones (excluding diaryl/α,β-unsaturated/α-hetero) is 2. The van der Waals surface area contributed by atoms with E-state index in [0.29, 0.717) is 0 Å². The van der Waals surface area contributed by atoms with Crippen LogP contribution in [0.2, 0.25) is 0 Å². The third-order valence-corrected chi connectivity index (χ3v) is 6.58. The molecule has 4 heteroatoms. The van der Waals surface area contributed by atoms with Gasteiger partial charge in [-0.15, -0.1) is 0 Å². The number of ketones is 2. The summed E-state index contributed by atoms with van der Waals surface area (Å²) in [6.45, 7) is 6.05. The summed E-state index contributed by atoms with van der Waals surface area (Å²) in [7, 11) is 0. The Morgan fingerprint density at radius 3 is 2.35 bits per heavy atom. The molecule has 2 aliphatic heterocycles. The number of ether oxygens (including phenoxy) is 1. The summed E-state index contributed by atoms with van der Waals surface area (Å²) in [6, 6.07) is 6.07. The van der Waals surface area contributed by atoms with Crippen LogP contribution in [-0.2, 0) is 14.3 Å². The van der Waals surface area contributed by atoms with E-state index < -0.39 is 5.92 Å². The van der Waals surface area contributed by atoms with Gasteiger partial charge in [0.25, 0.3) is 0 Å². The molecule has 1 saturated carbocycles. The fraction of sp³-hybridized carbons (Fsp3) is 0.455. The Bertz CT molecular complexity index is 887. The van der Waals surface area contributed by atoms with Crippen molar-refractivity contribution in [2.45, 2.75) is 51.2 Å². The first kappa shape index (κ1) is 16.0. The van der Waals surface area contributed by atoms with Crippen molar-refractivity contribution in [1.82, 2.24) is 0 Å². The van der Waals surface area contributed by atoms with Gasteiger partial charge in [-0.25, -0.2) is 0 Å². The number of carbonyl (C=O) groups is 2. The van der Waals surface area contributed by atoms with Gasteiger partial charge in [-0.2, -0.15) is 0 Å². The van der Waals surface area contributed by atoms with E-state index >= 15 is 0 Å². The molecule has 0 spiro atoms. The second-order valence-corrected chi connectivity index (χ2v) is 8.14. The molecule has 1 aliphatic carbocycles. The molecule has 0 radical (unpaired) electrons. The molecule has 1 aromatic heterocycles. The molecule has 3 heterocycles. The van der Waals surface area contributed by atoms with Gasteiger partial charge in [-0.05, 0) is 55.5 Å². The van der Waals surface area contributed by atoms with E-state index in [1.54, 1.807) is 12.5 Å². The molecular formula is C22H22O4. The number of rotatable bonds is 2. The van der Waals surface area contributed by atoms with Gasteiger partial charge in [-0.3, -0.25) is 9.59 Å². The summed E-state index contributed by atoms with van der Waals surface area (Å²) >= 11 is 0. The first-order valence-corrected chi connectivity index (χ1v) is 9.30. The minimum atomic E-state index is -0.623. The fourth-order valence-electron chi connectivity index (χ4n) is 5.71. The Labute approximate surface area is 152 Å². The van der Waals surface area contributed by atoms with Crippen LogP contribution in [0.4, 0.5) is 0 Å². The zero-order chi connectivity index (χ0) is 18.2. The molecule has 6 atom stereocenters. The highest BCUT2D eigenvalue weighted by Gasteiger charge is 2.66. The van der Waals surface area contributed by atoms with Gasteiger partial charge in [-0.1, -0.05) is 17.7 Å². The lowest BCUT2D eigenvalue weighted by molar-refractivity contribution is -0.127. The average molecular weight is 350 g/mol. The topological polar surface area (TPSA) is 56.5 Å². The number of fused-ring (bicyclic) bond motifs is 5.